The van der Waals surface area contributed by atoms with Crippen molar-refractivity contribution in [3.8, 4) is 0 Å². The van der Waals surface area contributed by atoms with Gasteiger partial charge >= 0.3 is 0 Å². The summed E-state index contributed by atoms with van der Waals surface area (Å²) in [6.45, 7) is 4.33. The van der Waals surface area contributed by atoms with Gasteiger partial charge in [-0.25, -0.2) is 4.39 Å². The molecule has 0 spiro atoms. The summed E-state index contributed by atoms with van der Waals surface area (Å²) in [6.07, 6.45) is 0.412. The number of hydrogen-bond donors (Lipinski definition) is 2. The van der Waals surface area contributed by atoms with E-state index >= 15 is 0 Å². The molecule has 2 amide bonds. The number of amides is 2. The Hall–Kier alpha value is -3.47. The third kappa shape index (κ3) is 5.29. The van der Waals surface area contributed by atoms with Crippen LogP contribution in [-0.2, 0) is 6.42 Å². The van der Waals surface area contributed by atoms with Gasteiger partial charge in [-0.1, -0.05) is 24.3 Å². The molecule has 0 aromatic heterocycles. The first kappa shape index (κ1) is 20.3. The SMILES string of the molecule is Cc1ccc(NC(=O)c2ccc(C(=O)NCCc3ccccc3F)cc2)cc1C. The molecule has 0 aliphatic rings. The predicted molar refractivity (Wildman–Crippen MR) is 113 cm³/mol. The number of benzene rings is 3. The summed E-state index contributed by atoms with van der Waals surface area (Å²) in [5, 5.41) is 5.63. The van der Waals surface area contributed by atoms with E-state index in [2.05, 4.69) is 10.6 Å². The lowest BCUT2D eigenvalue weighted by Crippen LogP contribution is -2.26. The van der Waals surface area contributed by atoms with Crippen molar-refractivity contribution in [3.63, 3.8) is 0 Å². The molecule has 0 aliphatic carbocycles. The molecule has 3 rings (SSSR count). The van der Waals surface area contributed by atoms with Gasteiger partial charge < -0.3 is 10.6 Å². The van der Waals surface area contributed by atoms with Gasteiger partial charge in [-0.15, -0.1) is 0 Å². The normalized spacial score (nSPS) is 10.4. The van der Waals surface area contributed by atoms with Gasteiger partial charge in [0.1, 0.15) is 5.82 Å². The van der Waals surface area contributed by atoms with Crippen molar-refractivity contribution in [1.29, 1.82) is 0 Å². The lowest BCUT2D eigenvalue weighted by molar-refractivity contribution is 0.0952. The summed E-state index contributed by atoms with van der Waals surface area (Å²) in [7, 11) is 0. The van der Waals surface area contributed by atoms with Crippen LogP contribution in [0, 0.1) is 19.7 Å². The summed E-state index contributed by atoms with van der Waals surface area (Å²) in [6, 6.07) is 18.7. The maximum absolute atomic E-state index is 13.6. The Morgan fingerprint density at radius 1 is 0.828 bits per heavy atom. The van der Waals surface area contributed by atoms with Crippen LogP contribution in [0.25, 0.3) is 0 Å². The highest BCUT2D eigenvalue weighted by molar-refractivity contribution is 6.05. The highest BCUT2D eigenvalue weighted by Gasteiger charge is 2.10. The first-order valence-electron chi connectivity index (χ1n) is 9.44. The molecule has 148 valence electrons. The van der Waals surface area contributed by atoms with E-state index in [1.54, 1.807) is 42.5 Å². The molecule has 0 bridgehead atoms. The number of anilines is 1. The van der Waals surface area contributed by atoms with Crippen LogP contribution in [0.15, 0.2) is 66.7 Å². The van der Waals surface area contributed by atoms with Gasteiger partial charge in [0.05, 0.1) is 0 Å². The van der Waals surface area contributed by atoms with Gasteiger partial charge in [-0.05, 0) is 79.4 Å². The van der Waals surface area contributed by atoms with Crippen molar-refractivity contribution in [1.82, 2.24) is 5.32 Å². The molecule has 0 heterocycles. The van der Waals surface area contributed by atoms with Gasteiger partial charge in [0.2, 0.25) is 0 Å². The Morgan fingerprint density at radius 2 is 1.48 bits per heavy atom. The average Bonchev–Trinajstić information content (AvgIpc) is 2.72. The maximum Gasteiger partial charge on any atom is 0.255 e. The maximum atomic E-state index is 13.6. The van der Waals surface area contributed by atoms with Gasteiger partial charge in [0.25, 0.3) is 11.8 Å². The minimum atomic E-state index is -0.277. The molecule has 0 saturated carbocycles. The molecule has 4 nitrogen and oxygen atoms in total. The lowest BCUT2D eigenvalue weighted by atomic mass is 10.1. The van der Waals surface area contributed by atoms with Gasteiger partial charge in [-0.2, -0.15) is 0 Å². The molecular weight excluding hydrogens is 367 g/mol. The largest absolute Gasteiger partial charge is 0.352 e. The summed E-state index contributed by atoms with van der Waals surface area (Å²) in [5.74, 6) is -0.775. The second kappa shape index (κ2) is 9.15. The number of rotatable bonds is 6. The quantitative estimate of drug-likeness (QED) is 0.643. The zero-order valence-corrected chi connectivity index (χ0v) is 16.5. The van der Waals surface area contributed by atoms with Crippen LogP contribution >= 0.6 is 0 Å². The van der Waals surface area contributed by atoms with Crippen molar-refractivity contribution in [2.24, 2.45) is 0 Å². The second-order valence-electron chi connectivity index (χ2n) is 6.93. The van der Waals surface area contributed by atoms with Crippen LogP contribution in [0.3, 0.4) is 0 Å². The second-order valence-corrected chi connectivity index (χ2v) is 6.93. The van der Waals surface area contributed by atoms with E-state index in [0.717, 1.165) is 16.8 Å². The number of hydrogen-bond acceptors (Lipinski definition) is 2. The van der Waals surface area contributed by atoms with E-state index < -0.39 is 0 Å². The monoisotopic (exact) mass is 390 g/mol. The Balaban J connectivity index is 1.56. The molecule has 2 N–H and O–H groups in total. The molecule has 29 heavy (non-hydrogen) atoms. The minimum absolute atomic E-state index is 0.236. The number of halogens is 1. The van der Waals surface area contributed by atoms with Gasteiger partial charge in [0, 0.05) is 23.4 Å². The molecule has 0 unspecified atom stereocenters. The summed E-state index contributed by atoms with van der Waals surface area (Å²) >= 11 is 0. The smallest absolute Gasteiger partial charge is 0.255 e. The predicted octanol–water partition coefficient (Wildman–Crippen LogP) is 4.67. The van der Waals surface area contributed by atoms with Crippen LogP contribution in [0.1, 0.15) is 37.4 Å². The van der Waals surface area contributed by atoms with E-state index in [4.69, 9.17) is 0 Å². The van der Waals surface area contributed by atoms with E-state index in [1.165, 1.54) is 6.07 Å². The van der Waals surface area contributed by atoms with E-state index in [-0.39, 0.29) is 17.6 Å². The van der Waals surface area contributed by atoms with Crippen molar-refractivity contribution in [2.75, 3.05) is 11.9 Å². The van der Waals surface area contributed by atoms with Gasteiger partial charge in [-0.3, -0.25) is 9.59 Å². The Labute approximate surface area is 169 Å². The van der Waals surface area contributed by atoms with Crippen LogP contribution in [0.2, 0.25) is 0 Å². The Morgan fingerprint density at radius 3 is 2.14 bits per heavy atom. The molecular formula is C24H23FN2O2. The molecule has 0 atom stereocenters. The lowest BCUT2D eigenvalue weighted by Gasteiger charge is -2.09. The van der Waals surface area contributed by atoms with E-state index in [0.29, 0.717) is 29.7 Å². The van der Waals surface area contributed by atoms with Crippen LogP contribution in [-0.4, -0.2) is 18.4 Å². The summed E-state index contributed by atoms with van der Waals surface area (Å²) in [5.41, 5.74) is 4.46. The third-order valence-corrected chi connectivity index (χ3v) is 4.81. The molecule has 0 fully saturated rings. The van der Waals surface area contributed by atoms with E-state index in [9.17, 15) is 14.0 Å². The first-order valence-corrected chi connectivity index (χ1v) is 9.44. The van der Waals surface area contributed by atoms with Crippen LogP contribution in [0.4, 0.5) is 10.1 Å². The molecule has 3 aromatic rings. The zero-order valence-electron chi connectivity index (χ0n) is 16.5. The first-order chi connectivity index (χ1) is 13.9. The third-order valence-electron chi connectivity index (χ3n) is 4.81. The summed E-state index contributed by atoms with van der Waals surface area (Å²) in [4.78, 5) is 24.7. The Bertz CT molecular complexity index is 1030. The highest BCUT2D eigenvalue weighted by atomic mass is 19.1. The van der Waals surface area contributed by atoms with Crippen molar-refractivity contribution < 1.29 is 14.0 Å². The number of nitrogens with one attached hydrogen (secondary N) is 2. The molecule has 0 aliphatic heterocycles. The highest BCUT2D eigenvalue weighted by Crippen LogP contribution is 2.15. The van der Waals surface area contributed by atoms with Crippen molar-refractivity contribution in [2.45, 2.75) is 20.3 Å². The summed E-state index contributed by atoms with van der Waals surface area (Å²) < 4.78 is 13.6. The van der Waals surface area contributed by atoms with E-state index in [1.807, 2.05) is 32.0 Å². The fraction of sp³-hybridized carbons (Fsp3) is 0.167. The Kier molecular flexibility index (Phi) is 6.39. The molecule has 5 heteroatoms. The zero-order chi connectivity index (χ0) is 20.8. The number of carbonyl (C=O) groups is 2. The van der Waals surface area contributed by atoms with Crippen LogP contribution in [0.5, 0.6) is 0 Å². The van der Waals surface area contributed by atoms with Gasteiger partial charge in [0.15, 0.2) is 0 Å². The molecule has 0 saturated heterocycles. The molecule has 0 radical (unpaired) electrons. The fourth-order valence-electron chi connectivity index (χ4n) is 2.91. The topological polar surface area (TPSA) is 58.2 Å². The molecule has 3 aromatic carbocycles. The number of carbonyl (C=O) groups excluding carboxylic acids is 2. The van der Waals surface area contributed by atoms with Crippen molar-refractivity contribution in [3.05, 3.63) is 100 Å². The number of aryl methyl sites for hydroxylation is 2. The average molecular weight is 390 g/mol. The fourth-order valence-corrected chi connectivity index (χ4v) is 2.91. The van der Waals surface area contributed by atoms with Crippen molar-refractivity contribution >= 4 is 17.5 Å². The van der Waals surface area contributed by atoms with Crippen LogP contribution < -0.4 is 10.6 Å². The standard InChI is InChI=1S/C24H23FN2O2/c1-16-7-12-21(15-17(16)2)27-24(29)20-10-8-19(9-11-20)23(28)26-14-13-18-5-3-4-6-22(18)25/h3-12,15H,13-14H2,1-2H3,(H,26,28)(H,27,29). The minimum Gasteiger partial charge on any atom is -0.352 e.